The summed E-state index contributed by atoms with van der Waals surface area (Å²) < 4.78 is 9.01. The zero-order chi connectivity index (χ0) is 36.3. The minimum atomic E-state index is 0.860. The Hall–Kier alpha value is -7.36. The van der Waals surface area contributed by atoms with E-state index in [1.54, 1.807) is 0 Å². The Labute approximate surface area is 318 Å². The van der Waals surface area contributed by atoms with Gasteiger partial charge in [-0.1, -0.05) is 133 Å². The number of furan rings is 1. The largest absolute Gasteiger partial charge is 0.456 e. The number of para-hydroxylation sites is 2. The predicted octanol–water partition coefficient (Wildman–Crippen LogP) is 14.6. The van der Waals surface area contributed by atoms with Crippen LogP contribution in [0.4, 0.5) is 17.1 Å². The molecule has 0 aliphatic carbocycles. The molecule has 0 saturated heterocycles. The zero-order valence-electron chi connectivity index (χ0n) is 29.9. The van der Waals surface area contributed by atoms with Gasteiger partial charge in [-0.3, -0.25) is 0 Å². The second kappa shape index (κ2) is 12.6. The number of fused-ring (bicyclic) bond motifs is 7. The monoisotopic (exact) mass is 702 g/mol. The SMILES string of the molecule is c1ccc(-c2ccc(N(c3ccc4c(c3)c3ccccc3n4-c3ccccc3)c3cccc4oc5cc6ccccc6cc5c34)cc2-c2ccccc2)cc1. The third-order valence-corrected chi connectivity index (χ3v) is 10.9. The first-order valence-electron chi connectivity index (χ1n) is 18.8. The summed E-state index contributed by atoms with van der Waals surface area (Å²) in [6, 6.07) is 74.0. The van der Waals surface area contributed by atoms with Gasteiger partial charge in [0.2, 0.25) is 0 Å². The fourth-order valence-electron chi connectivity index (χ4n) is 8.46. The van der Waals surface area contributed by atoms with Crippen molar-refractivity contribution in [2.24, 2.45) is 0 Å². The first-order valence-corrected chi connectivity index (χ1v) is 18.8. The van der Waals surface area contributed by atoms with Crippen LogP contribution >= 0.6 is 0 Å². The predicted molar refractivity (Wildman–Crippen MR) is 231 cm³/mol. The van der Waals surface area contributed by atoms with E-state index in [9.17, 15) is 0 Å². The van der Waals surface area contributed by atoms with Crippen molar-refractivity contribution >= 4 is 71.6 Å². The Morgan fingerprint density at radius 1 is 0.382 bits per heavy atom. The highest BCUT2D eigenvalue weighted by Gasteiger charge is 2.23. The fraction of sp³-hybridized carbons (Fsp3) is 0. The number of anilines is 3. The molecule has 0 N–H and O–H groups in total. The molecular weight excluding hydrogens is 669 g/mol. The molecule has 0 fully saturated rings. The molecule has 11 aromatic rings. The van der Waals surface area contributed by atoms with Crippen LogP contribution in [0.1, 0.15) is 0 Å². The maximum atomic E-state index is 6.64. The standard InChI is InChI=1S/C52H34N2O/c1-4-15-35(16-5-1)42-29-27-40(33-44(42)36-17-6-2-7-18-36)53(49-25-14-26-50-52(49)46-31-37-19-10-11-20-38(37)32-51(46)55-50)41-28-30-48-45(34-41)43-23-12-13-24-47(43)54(48)39-21-8-3-9-22-39/h1-34H. The van der Waals surface area contributed by atoms with Crippen LogP contribution in [0.3, 0.4) is 0 Å². The second-order valence-electron chi connectivity index (χ2n) is 14.1. The third-order valence-electron chi connectivity index (χ3n) is 10.9. The van der Waals surface area contributed by atoms with E-state index in [2.05, 4.69) is 216 Å². The van der Waals surface area contributed by atoms with E-state index < -0.39 is 0 Å². The number of aromatic nitrogens is 1. The molecule has 55 heavy (non-hydrogen) atoms. The Morgan fingerprint density at radius 2 is 1.00 bits per heavy atom. The lowest BCUT2D eigenvalue weighted by atomic mass is 9.93. The maximum absolute atomic E-state index is 6.64. The van der Waals surface area contributed by atoms with Gasteiger partial charge < -0.3 is 13.9 Å². The molecule has 0 bridgehead atoms. The van der Waals surface area contributed by atoms with Gasteiger partial charge in [0.1, 0.15) is 11.2 Å². The van der Waals surface area contributed by atoms with E-state index in [1.165, 1.54) is 49.4 Å². The van der Waals surface area contributed by atoms with Crippen LogP contribution in [0.25, 0.3) is 82.5 Å². The number of hydrogen-bond donors (Lipinski definition) is 0. The Bertz CT molecular complexity index is 3200. The van der Waals surface area contributed by atoms with Crippen LogP contribution in [0, 0.1) is 0 Å². The van der Waals surface area contributed by atoms with Crippen molar-refractivity contribution in [3.63, 3.8) is 0 Å². The van der Waals surface area contributed by atoms with Crippen molar-refractivity contribution in [2.75, 3.05) is 4.90 Å². The maximum Gasteiger partial charge on any atom is 0.137 e. The van der Waals surface area contributed by atoms with E-state index in [0.717, 1.165) is 50.1 Å². The highest BCUT2D eigenvalue weighted by molar-refractivity contribution is 6.17. The van der Waals surface area contributed by atoms with E-state index in [0.29, 0.717) is 0 Å². The summed E-state index contributed by atoms with van der Waals surface area (Å²) in [5, 5.41) is 6.94. The Kier molecular flexibility index (Phi) is 7.17. The van der Waals surface area contributed by atoms with Crippen LogP contribution in [-0.4, -0.2) is 4.57 Å². The molecule has 0 spiro atoms. The van der Waals surface area contributed by atoms with Crippen LogP contribution in [0.2, 0.25) is 0 Å². The van der Waals surface area contributed by atoms with E-state index >= 15 is 0 Å². The molecular formula is C52H34N2O. The van der Waals surface area contributed by atoms with Crippen LogP contribution in [0.5, 0.6) is 0 Å². The van der Waals surface area contributed by atoms with Crippen molar-refractivity contribution in [2.45, 2.75) is 0 Å². The summed E-state index contributed by atoms with van der Waals surface area (Å²) in [5.41, 5.74) is 13.1. The van der Waals surface area contributed by atoms with Gasteiger partial charge in [-0.25, -0.2) is 0 Å². The van der Waals surface area contributed by atoms with Crippen LogP contribution in [-0.2, 0) is 0 Å². The molecule has 3 heteroatoms. The molecule has 258 valence electrons. The average molecular weight is 703 g/mol. The average Bonchev–Trinajstić information content (AvgIpc) is 3.79. The quantitative estimate of drug-likeness (QED) is 0.172. The number of hydrogen-bond acceptors (Lipinski definition) is 2. The zero-order valence-corrected chi connectivity index (χ0v) is 29.9. The summed E-state index contributed by atoms with van der Waals surface area (Å²) in [4.78, 5) is 2.42. The van der Waals surface area contributed by atoms with Crippen molar-refractivity contribution in [3.05, 3.63) is 206 Å². The van der Waals surface area contributed by atoms with Crippen molar-refractivity contribution in [1.82, 2.24) is 4.57 Å². The summed E-state index contributed by atoms with van der Waals surface area (Å²) >= 11 is 0. The molecule has 2 aromatic heterocycles. The molecule has 0 amide bonds. The molecule has 0 saturated carbocycles. The molecule has 0 atom stereocenters. The van der Waals surface area contributed by atoms with E-state index in [1.807, 2.05) is 0 Å². The molecule has 0 unspecified atom stereocenters. The lowest BCUT2D eigenvalue weighted by Crippen LogP contribution is -2.11. The summed E-state index contributed by atoms with van der Waals surface area (Å²) in [7, 11) is 0. The molecule has 0 aliphatic rings. The smallest absolute Gasteiger partial charge is 0.137 e. The normalized spacial score (nSPS) is 11.6. The fourth-order valence-corrected chi connectivity index (χ4v) is 8.46. The summed E-state index contributed by atoms with van der Waals surface area (Å²) in [6.07, 6.45) is 0. The first kappa shape index (κ1) is 31.2. The van der Waals surface area contributed by atoms with Gasteiger partial charge in [-0.15, -0.1) is 0 Å². The van der Waals surface area contributed by atoms with E-state index in [-0.39, 0.29) is 0 Å². The van der Waals surface area contributed by atoms with Crippen LogP contribution in [0.15, 0.2) is 211 Å². The van der Waals surface area contributed by atoms with Crippen molar-refractivity contribution in [3.8, 4) is 27.9 Å². The molecule has 2 heterocycles. The van der Waals surface area contributed by atoms with E-state index in [4.69, 9.17) is 4.42 Å². The first-order chi connectivity index (χ1) is 27.3. The summed E-state index contributed by atoms with van der Waals surface area (Å²) in [5.74, 6) is 0. The van der Waals surface area contributed by atoms with Gasteiger partial charge in [-0.2, -0.15) is 0 Å². The Balaban J connectivity index is 1.21. The van der Waals surface area contributed by atoms with Crippen molar-refractivity contribution in [1.29, 1.82) is 0 Å². The lowest BCUT2D eigenvalue weighted by molar-refractivity contribution is 0.669. The molecule has 0 aliphatic heterocycles. The summed E-state index contributed by atoms with van der Waals surface area (Å²) in [6.45, 7) is 0. The lowest BCUT2D eigenvalue weighted by Gasteiger charge is -2.27. The van der Waals surface area contributed by atoms with Gasteiger partial charge >= 0.3 is 0 Å². The number of benzene rings is 9. The minimum Gasteiger partial charge on any atom is -0.456 e. The van der Waals surface area contributed by atoms with Gasteiger partial charge in [0, 0.05) is 33.2 Å². The molecule has 3 nitrogen and oxygen atoms in total. The second-order valence-corrected chi connectivity index (χ2v) is 14.1. The van der Waals surface area contributed by atoms with Gasteiger partial charge in [0.25, 0.3) is 0 Å². The Morgan fingerprint density at radius 3 is 1.78 bits per heavy atom. The van der Waals surface area contributed by atoms with Crippen LogP contribution < -0.4 is 4.90 Å². The van der Waals surface area contributed by atoms with Gasteiger partial charge in [-0.05, 0) is 106 Å². The number of nitrogens with zero attached hydrogens (tertiary/aromatic N) is 2. The molecule has 9 aromatic carbocycles. The third kappa shape index (κ3) is 5.13. The van der Waals surface area contributed by atoms with Gasteiger partial charge in [0.15, 0.2) is 0 Å². The highest BCUT2D eigenvalue weighted by atomic mass is 16.3. The number of rotatable bonds is 6. The van der Waals surface area contributed by atoms with Gasteiger partial charge in [0.05, 0.1) is 22.1 Å². The topological polar surface area (TPSA) is 21.3 Å². The van der Waals surface area contributed by atoms with Crippen molar-refractivity contribution < 1.29 is 4.42 Å². The minimum absolute atomic E-state index is 0.860. The molecule has 11 rings (SSSR count). The highest BCUT2D eigenvalue weighted by Crippen LogP contribution is 2.47. The molecule has 0 radical (unpaired) electrons.